The molecule has 38 heavy (non-hydrogen) atoms. The molecule has 1 heterocycles. The van der Waals surface area contributed by atoms with Crippen molar-refractivity contribution in [2.75, 3.05) is 52.9 Å². The predicted octanol–water partition coefficient (Wildman–Crippen LogP) is 2.52. The van der Waals surface area contributed by atoms with Crippen molar-refractivity contribution in [2.45, 2.75) is 38.8 Å². The van der Waals surface area contributed by atoms with Gasteiger partial charge in [0.25, 0.3) is 0 Å². The fourth-order valence-electron chi connectivity index (χ4n) is 5.18. The van der Waals surface area contributed by atoms with Crippen LogP contribution in [0.2, 0.25) is 0 Å². The average Bonchev–Trinajstić information content (AvgIpc) is 3.16. The van der Waals surface area contributed by atoms with E-state index in [-0.39, 0.29) is 22.9 Å². The van der Waals surface area contributed by atoms with Crippen molar-refractivity contribution in [3.05, 3.63) is 45.6 Å². The molecule has 1 aliphatic heterocycles. The SMILES string of the molecule is COc1cc2c(c(OC)c1OC)-c1ccc(NC(C)C(=O)N3CCOCC3)c(=O)cc1C(NC(C)=O)CC2. The van der Waals surface area contributed by atoms with Crippen LogP contribution in [0, 0.1) is 0 Å². The number of benzene rings is 1. The molecule has 10 nitrogen and oxygen atoms in total. The zero-order valence-electron chi connectivity index (χ0n) is 22.5. The van der Waals surface area contributed by atoms with Crippen LogP contribution in [0.4, 0.5) is 5.69 Å². The number of fused-ring (bicyclic) bond motifs is 3. The number of ether oxygens (including phenoxy) is 4. The molecule has 0 saturated carbocycles. The molecule has 2 aromatic rings. The molecule has 1 saturated heterocycles. The van der Waals surface area contributed by atoms with Gasteiger partial charge in [0, 0.05) is 25.6 Å². The Morgan fingerprint density at radius 2 is 1.76 bits per heavy atom. The van der Waals surface area contributed by atoms with Gasteiger partial charge in [0.05, 0.1) is 46.3 Å². The highest BCUT2D eigenvalue weighted by Crippen LogP contribution is 2.50. The van der Waals surface area contributed by atoms with Crippen LogP contribution in [-0.4, -0.2) is 70.4 Å². The van der Waals surface area contributed by atoms with Crippen LogP contribution in [0.3, 0.4) is 0 Å². The molecule has 10 heteroatoms. The maximum absolute atomic E-state index is 13.5. The Bertz CT molecular complexity index is 1270. The number of hydrogen-bond acceptors (Lipinski definition) is 8. The lowest BCUT2D eigenvalue weighted by molar-refractivity contribution is -0.135. The highest BCUT2D eigenvalue weighted by Gasteiger charge is 2.30. The number of hydrogen-bond donors (Lipinski definition) is 2. The van der Waals surface area contributed by atoms with E-state index in [0.29, 0.717) is 62.0 Å². The third kappa shape index (κ3) is 5.40. The Morgan fingerprint density at radius 1 is 1.05 bits per heavy atom. The zero-order chi connectivity index (χ0) is 27.4. The highest BCUT2D eigenvalue weighted by molar-refractivity contribution is 5.86. The standard InChI is InChI=1S/C28H35N3O7/c1-16(28(34)31-10-12-38-13-11-31)29-22-9-7-19-20(15-23(22)33)21(30-17(2)32)8-6-18-14-24(35-3)26(36-4)27(37-5)25(18)19/h7,9,14-16,21H,6,8,10-13H2,1-5H3,(H,29,33)(H,30,32). The Morgan fingerprint density at radius 3 is 2.39 bits per heavy atom. The predicted molar refractivity (Wildman–Crippen MR) is 143 cm³/mol. The van der Waals surface area contributed by atoms with Crippen LogP contribution in [0.1, 0.15) is 37.4 Å². The van der Waals surface area contributed by atoms with Crippen molar-refractivity contribution in [1.82, 2.24) is 10.2 Å². The average molecular weight is 526 g/mol. The molecule has 1 aliphatic carbocycles. The number of aryl methyl sites for hydroxylation is 1. The van der Waals surface area contributed by atoms with E-state index in [9.17, 15) is 14.4 Å². The van der Waals surface area contributed by atoms with Crippen LogP contribution in [-0.2, 0) is 20.7 Å². The normalized spacial score (nSPS) is 17.3. The largest absolute Gasteiger partial charge is 0.493 e. The van der Waals surface area contributed by atoms with E-state index in [1.165, 1.54) is 13.0 Å². The summed E-state index contributed by atoms with van der Waals surface area (Å²) in [6, 6.07) is 5.94. The van der Waals surface area contributed by atoms with Gasteiger partial charge in [0.15, 0.2) is 11.5 Å². The fraction of sp³-hybridized carbons (Fsp3) is 0.464. The number of morpholine rings is 1. The molecule has 0 aromatic heterocycles. The Labute approximate surface area is 222 Å². The molecule has 2 unspecified atom stereocenters. The van der Waals surface area contributed by atoms with Crippen molar-refractivity contribution in [3.63, 3.8) is 0 Å². The summed E-state index contributed by atoms with van der Waals surface area (Å²) in [5, 5.41) is 6.10. The molecule has 2 N–H and O–H groups in total. The Hall–Kier alpha value is -3.79. The molecule has 2 atom stereocenters. The molecule has 0 spiro atoms. The Balaban J connectivity index is 1.84. The first-order valence-electron chi connectivity index (χ1n) is 12.7. The molecule has 4 rings (SSSR count). The van der Waals surface area contributed by atoms with Gasteiger partial charge in [-0.05, 0) is 54.7 Å². The van der Waals surface area contributed by atoms with Gasteiger partial charge in [0.1, 0.15) is 6.04 Å². The second kappa shape index (κ2) is 11.7. The summed E-state index contributed by atoms with van der Waals surface area (Å²) in [5.74, 6) is 1.16. The van der Waals surface area contributed by atoms with Crippen molar-refractivity contribution in [1.29, 1.82) is 0 Å². The number of carbonyl (C=O) groups is 2. The quantitative estimate of drug-likeness (QED) is 0.567. The van der Waals surface area contributed by atoms with E-state index < -0.39 is 12.1 Å². The summed E-state index contributed by atoms with van der Waals surface area (Å²) < 4.78 is 22.3. The summed E-state index contributed by atoms with van der Waals surface area (Å²) in [5.41, 5.74) is 3.10. The lowest BCUT2D eigenvalue weighted by atomic mass is 9.95. The number of methoxy groups -OCH3 is 3. The van der Waals surface area contributed by atoms with E-state index in [4.69, 9.17) is 18.9 Å². The fourth-order valence-corrected chi connectivity index (χ4v) is 5.18. The third-order valence-electron chi connectivity index (χ3n) is 6.98. The number of amides is 2. The summed E-state index contributed by atoms with van der Waals surface area (Å²) in [4.78, 5) is 40.3. The monoisotopic (exact) mass is 525 g/mol. The van der Waals surface area contributed by atoms with E-state index in [1.807, 2.05) is 12.1 Å². The van der Waals surface area contributed by atoms with Gasteiger partial charge >= 0.3 is 0 Å². The maximum Gasteiger partial charge on any atom is 0.244 e. The first-order chi connectivity index (χ1) is 18.3. The summed E-state index contributed by atoms with van der Waals surface area (Å²) in [6.07, 6.45) is 1.18. The summed E-state index contributed by atoms with van der Waals surface area (Å²) >= 11 is 0. The van der Waals surface area contributed by atoms with Gasteiger partial charge in [-0.15, -0.1) is 0 Å². The molecule has 2 amide bonds. The van der Waals surface area contributed by atoms with E-state index in [1.54, 1.807) is 39.2 Å². The van der Waals surface area contributed by atoms with Crippen molar-refractivity contribution in [3.8, 4) is 28.4 Å². The van der Waals surface area contributed by atoms with Gasteiger partial charge in [0.2, 0.25) is 23.0 Å². The van der Waals surface area contributed by atoms with Crippen LogP contribution in [0.15, 0.2) is 29.1 Å². The molecule has 2 aromatic carbocycles. The molecule has 1 fully saturated rings. The van der Waals surface area contributed by atoms with E-state index in [0.717, 1.165) is 16.7 Å². The molecule has 0 radical (unpaired) electrons. The molecule has 204 valence electrons. The molecular formula is C28H35N3O7. The summed E-state index contributed by atoms with van der Waals surface area (Å²) in [7, 11) is 4.66. The molecular weight excluding hydrogens is 490 g/mol. The zero-order valence-corrected chi connectivity index (χ0v) is 22.5. The van der Waals surface area contributed by atoms with Crippen LogP contribution < -0.4 is 30.3 Å². The minimum absolute atomic E-state index is 0.0965. The summed E-state index contributed by atoms with van der Waals surface area (Å²) in [6.45, 7) is 5.23. The lowest BCUT2D eigenvalue weighted by Gasteiger charge is -2.29. The van der Waals surface area contributed by atoms with Crippen molar-refractivity contribution >= 4 is 17.5 Å². The first-order valence-corrected chi connectivity index (χ1v) is 12.7. The number of anilines is 1. The van der Waals surface area contributed by atoms with E-state index in [2.05, 4.69) is 10.6 Å². The number of rotatable bonds is 7. The number of nitrogens with one attached hydrogen (secondary N) is 2. The first kappa shape index (κ1) is 27.3. The minimum Gasteiger partial charge on any atom is -0.493 e. The van der Waals surface area contributed by atoms with Crippen LogP contribution in [0.5, 0.6) is 17.2 Å². The second-order valence-electron chi connectivity index (χ2n) is 9.40. The third-order valence-corrected chi connectivity index (χ3v) is 6.98. The van der Waals surface area contributed by atoms with Gasteiger partial charge in [-0.2, -0.15) is 0 Å². The highest BCUT2D eigenvalue weighted by atomic mass is 16.5. The Kier molecular flexibility index (Phi) is 8.41. The second-order valence-corrected chi connectivity index (χ2v) is 9.40. The van der Waals surface area contributed by atoms with Gasteiger partial charge < -0.3 is 34.5 Å². The smallest absolute Gasteiger partial charge is 0.244 e. The van der Waals surface area contributed by atoms with Gasteiger partial charge in [-0.25, -0.2) is 0 Å². The van der Waals surface area contributed by atoms with Crippen molar-refractivity contribution in [2.24, 2.45) is 0 Å². The van der Waals surface area contributed by atoms with Crippen LogP contribution >= 0.6 is 0 Å². The van der Waals surface area contributed by atoms with Gasteiger partial charge in [-0.1, -0.05) is 6.07 Å². The topological polar surface area (TPSA) is 115 Å². The molecule has 2 aliphatic rings. The molecule has 0 bridgehead atoms. The van der Waals surface area contributed by atoms with E-state index >= 15 is 0 Å². The number of nitrogens with zero attached hydrogens (tertiary/aromatic N) is 1. The van der Waals surface area contributed by atoms with Crippen LogP contribution in [0.25, 0.3) is 11.1 Å². The number of carbonyl (C=O) groups excluding carboxylic acids is 2. The minimum atomic E-state index is -0.611. The maximum atomic E-state index is 13.5. The van der Waals surface area contributed by atoms with Gasteiger partial charge in [-0.3, -0.25) is 14.4 Å². The van der Waals surface area contributed by atoms with Crippen molar-refractivity contribution < 1.29 is 28.5 Å². The lowest BCUT2D eigenvalue weighted by Crippen LogP contribution is -2.47.